The summed E-state index contributed by atoms with van der Waals surface area (Å²) in [6, 6.07) is 10.5. The van der Waals surface area contributed by atoms with E-state index in [0.29, 0.717) is 10.0 Å². The van der Waals surface area contributed by atoms with Crippen molar-refractivity contribution in [2.75, 3.05) is 0 Å². The molecule has 94 valence electrons. The van der Waals surface area contributed by atoms with E-state index < -0.39 is 11.9 Å². The van der Waals surface area contributed by atoms with Crippen molar-refractivity contribution in [3.05, 3.63) is 65.9 Å². The summed E-state index contributed by atoms with van der Waals surface area (Å²) in [7, 11) is 0. The second-order valence-corrected chi connectivity index (χ2v) is 6.67. The molecule has 0 saturated carbocycles. The topological polar surface area (TPSA) is 20.2 Å². The number of rotatable bonds is 2. The third-order valence-corrected chi connectivity index (χ3v) is 4.53. The third-order valence-electron chi connectivity index (χ3n) is 2.53. The minimum absolute atomic E-state index is 0.257. The molecule has 0 fully saturated rings. The zero-order chi connectivity index (χ0) is 13.3. The Morgan fingerprint density at radius 2 is 1.78 bits per heavy atom. The fraction of sp³-hybridized carbons (Fsp3) is 0.0769. The number of aliphatic hydroxyl groups is 1. The second kappa shape index (κ2) is 5.98. The van der Waals surface area contributed by atoms with Gasteiger partial charge in [-0.3, -0.25) is 0 Å². The number of hydrogen-bond donors (Lipinski definition) is 1. The van der Waals surface area contributed by atoms with Crippen molar-refractivity contribution in [3.8, 4) is 0 Å². The van der Waals surface area contributed by atoms with Crippen LogP contribution in [-0.4, -0.2) is 5.11 Å². The largest absolute Gasteiger partial charge is 0.384 e. The first-order valence-electron chi connectivity index (χ1n) is 5.07. The van der Waals surface area contributed by atoms with Gasteiger partial charge in [0.15, 0.2) is 0 Å². The monoisotopic (exact) mass is 484 g/mol. The third kappa shape index (κ3) is 2.95. The van der Waals surface area contributed by atoms with Gasteiger partial charge in [0.25, 0.3) is 0 Å². The van der Waals surface area contributed by atoms with Gasteiger partial charge in [-0.2, -0.15) is 0 Å². The summed E-state index contributed by atoms with van der Waals surface area (Å²) in [5.41, 5.74) is 0.908. The fourth-order valence-electron chi connectivity index (χ4n) is 1.62. The molecule has 0 aliphatic heterocycles. The lowest BCUT2D eigenvalue weighted by Gasteiger charge is -2.15. The molecule has 0 aromatic heterocycles. The Morgan fingerprint density at radius 1 is 1.06 bits per heavy atom. The van der Waals surface area contributed by atoms with Crippen molar-refractivity contribution in [1.82, 2.24) is 0 Å². The summed E-state index contributed by atoms with van der Waals surface area (Å²) < 4.78 is 16.0. The van der Waals surface area contributed by atoms with Crippen LogP contribution in [0, 0.1) is 9.39 Å². The van der Waals surface area contributed by atoms with Crippen molar-refractivity contribution in [1.29, 1.82) is 0 Å². The molecular formula is C13H8Br2FIO. The first-order valence-corrected chi connectivity index (χ1v) is 7.74. The van der Waals surface area contributed by atoms with Crippen LogP contribution in [-0.2, 0) is 0 Å². The predicted molar refractivity (Wildman–Crippen MR) is 85.0 cm³/mol. The van der Waals surface area contributed by atoms with Crippen molar-refractivity contribution < 1.29 is 9.50 Å². The Hall–Kier alpha value is 0.0200. The van der Waals surface area contributed by atoms with Gasteiger partial charge >= 0.3 is 0 Å². The Morgan fingerprint density at radius 3 is 2.50 bits per heavy atom. The first-order chi connectivity index (χ1) is 8.50. The number of hydrogen-bond acceptors (Lipinski definition) is 1. The maximum Gasteiger partial charge on any atom is 0.143 e. The molecule has 1 nitrogen and oxygen atoms in total. The lowest BCUT2D eigenvalue weighted by atomic mass is 10.0. The second-order valence-electron chi connectivity index (χ2n) is 3.71. The highest BCUT2D eigenvalue weighted by atomic mass is 127. The zero-order valence-corrected chi connectivity index (χ0v) is 14.3. The normalized spacial score (nSPS) is 12.5. The molecule has 0 radical (unpaired) electrons. The quantitative estimate of drug-likeness (QED) is 0.591. The fourth-order valence-corrected chi connectivity index (χ4v) is 2.98. The lowest BCUT2D eigenvalue weighted by molar-refractivity contribution is 0.214. The summed E-state index contributed by atoms with van der Waals surface area (Å²) in [5.74, 6) is -0.434. The van der Waals surface area contributed by atoms with Crippen molar-refractivity contribution >= 4 is 54.5 Å². The van der Waals surface area contributed by atoms with Gasteiger partial charge in [-0.15, -0.1) is 0 Å². The van der Waals surface area contributed by atoms with Crippen LogP contribution in [0.2, 0.25) is 0 Å². The maximum atomic E-state index is 13.9. The smallest absolute Gasteiger partial charge is 0.143 e. The molecule has 0 bridgehead atoms. The average molecular weight is 486 g/mol. The molecule has 1 unspecified atom stereocenters. The summed E-state index contributed by atoms with van der Waals surface area (Å²) >= 11 is 8.65. The molecule has 18 heavy (non-hydrogen) atoms. The molecule has 0 aliphatic carbocycles. The van der Waals surface area contributed by atoms with E-state index in [1.165, 1.54) is 0 Å². The van der Waals surface area contributed by atoms with Gasteiger partial charge in [-0.1, -0.05) is 28.1 Å². The summed E-state index contributed by atoms with van der Waals surface area (Å²) in [5, 5.41) is 10.3. The average Bonchev–Trinajstić information content (AvgIpc) is 2.35. The lowest BCUT2D eigenvalue weighted by Crippen LogP contribution is -2.04. The van der Waals surface area contributed by atoms with Crippen LogP contribution in [0.25, 0.3) is 0 Å². The van der Waals surface area contributed by atoms with Gasteiger partial charge < -0.3 is 5.11 Å². The van der Waals surface area contributed by atoms with Crippen molar-refractivity contribution in [3.63, 3.8) is 0 Å². The SMILES string of the molecule is OC(c1cc(I)ccc1Br)c1cccc(Br)c1F. The van der Waals surface area contributed by atoms with Gasteiger partial charge in [-0.25, -0.2) is 4.39 Å². The van der Waals surface area contributed by atoms with Crippen molar-refractivity contribution in [2.45, 2.75) is 6.10 Å². The van der Waals surface area contributed by atoms with Crippen LogP contribution in [0.5, 0.6) is 0 Å². The molecular weight excluding hydrogens is 478 g/mol. The molecule has 0 amide bonds. The van der Waals surface area contributed by atoms with E-state index >= 15 is 0 Å². The molecule has 0 spiro atoms. The van der Waals surface area contributed by atoms with Crippen LogP contribution in [0.4, 0.5) is 4.39 Å². The standard InChI is InChI=1S/C13H8Br2FIO/c14-10-5-4-7(17)6-9(10)13(18)8-2-1-3-11(15)12(8)16/h1-6,13,18H. The molecule has 2 aromatic carbocycles. The Kier molecular flexibility index (Phi) is 4.80. The minimum atomic E-state index is -0.994. The molecule has 2 rings (SSSR count). The molecule has 0 saturated heterocycles. The number of halogens is 4. The Balaban J connectivity index is 2.51. The molecule has 1 atom stereocenters. The number of aliphatic hydroxyl groups excluding tert-OH is 1. The van der Waals surface area contributed by atoms with E-state index in [-0.39, 0.29) is 5.56 Å². The van der Waals surface area contributed by atoms with Gasteiger partial charge in [0.2, 0.25) is 0 Å². The zero-order valence-electron chi connectivity index (χ0n) is 9.00. The minimum Gasteiger partial charge on any atom is -0.384 e. The summed E-state index contributed by atoms with van der Waals surface area (Å²) in [6.45, 7) is 0. The van der Waals surface area contributed by atoms with Crippen LogP contribution in [0.15, 0.2) is 45.3 Å². The van der Waals surface area contributed by atoms with E-state index in [1.807, 2.05) is 18.2 Å². The maximum absolute atomic E-state index is 13.9. The van der Waals surface area contributed by atoms with Crippen molar-refractivity contribution in [2.24, 2.45) is 0 Å². The Bertz CT molecular complexity index is 587. The van der Waals surface area contributed by atoms with Crippen LogP contribution < -0.4 is 0 Å². The molecule has 0 aliphatic rings. The van der Waals surface area contributed by atoms with Crippen LogP contribution >= 0.6 is 54.5 Å². The van der Waals surface area contributed by atoms with Crippen LogP contribution in [0.3, 0.4) is 0 Å². The highest BCUT2D eigenvalue weighted by molar-refractivity contribution is 14.1. The van der Waals surface area contributed by atoms with Gasteiger partial charge in [-0.05, 0) is 62.8 Å². The van der Waals surface area contributed by atoms with Gasteiger partial charge in [0.1, 0.15) is 11.9 Å². The van der Waals surface area contributed by atoms with E-state index in [9.17, 15) is 9.50 Å². The Labute approximate surface area is 135 Å². The molecule has 5 heteroatoms. The first kappa shape index (κ1) is 14.4. The van der Waals surface area contributed by atoms with Crippen LogP contribution in [0.1, 0.15) is 17.2 Å². The van der Waals surface area contributed by atoms with Gasteiger partial charge in [0, 0.05) is 19.2 Å². The number of benzene rings is 2. The highest BCUT2D eigenvalue weighted by Gasteiger charge is 2.19. The van der Waals surface area contributed by atoms with E-state index in [4.69, 9.17) is 0 Å². The van der Waals surface area contributed by atoms with E-state index in [0.717, 1.165) is 8.04 Å². The summed E-state index contributed by atoms with van der Waals surface area (Å²) in [6.07, 6.45) is -0.994. The predicted octanol–water partition coefficient (Wildman–Crippen LogP) is 5.04. The molecule has 1 N–H and O–H groups in total. The van der Waals surface area contributed by atoms with Gasteiger partial charge in [0.05, 0.1) is 4.47 Å². The van der Waals surface area contributed by atoms with E-state index in [1.54, 1.807) is 18.2 Å². The highest BCUT2D eigenvalue weighted by Crippen LogP contribution is 2.32. The summed E-state index contributed by atoms with van der Waals surface area (Å²) in [4.78, 5) is 0. The molecule has 0 heterocycles. The molecule has 2 aromatic rings. The van der Waals surface area contributed by atoms with E-state index in [2.05, 4.69) is 54.5 Å².